The third-order valence-corrected chi connectivity index (χ3v) is 5.21. The summed E-state index contributed by atoms with van der Waals surface area (Å²) in [6, 6.07) is 4.93. The van der Waals surface area contributed by atoms with E-state index in [1.807, 2.05) is 6.92 Å². The first-order valence-corrected chi connectivity index (χ1v) is 8.86. The van der Waals surface area contributed by atoms with Gasteiger partial charge in [0.05, 0.1) is 11.7 Å². The summed E-state index contributed by atoms with van der Waals surface area (Å²) >= 11 is 0. The number of nitrogens with zero attached hydrogens (tertiary/aromatic N) is 5. The summed E-state index contributed by atoms with van der Waals surface area (Å²) < 4.78 is 2.12. The van der Waals surface area contributed by atoms with Crippen LogP contribution in [0.25, 0.3) is 0 Å². The topological polar surface area (TPSA) is 75.9 Å². The van der Waals surface area contributed by atoms with E-state index in [1.54, 1.807) is 13.3 Å². The lowest BCUT2D eigenvalue weighted by Crippen LogP contribution is -2.49. The fourth-order valence-electron chi connectivity index (χ4n) is 3.84. The number of amides is 1. The van der Waals surface area contributed by atoms with Gasteiger partial charge < -0.3 is 10.2 Å². The average molecular weight is 340 g/mol. The third-order valence-electron chi connectivity index (χ3n) is 5.21. The Balaban J connectivity index is 1.37. The Morgan fingerprint density at radius 1 is 1.20 bits per heavy atom. The molecule has 3 heterocycles. The maximum Gasteiger partial charge on any atom is 0.217 e. The van der Waals surface area contributed by atoms with Crippen LogP contribution in [-0.4, -0.2) is 44.8 Å². The van der Waals surface area contributed by atoms with Gasteiger partial charge in [-0.05, 0) is 32.8 Å². The Kier molecular flexibility index (Phi) is 3.94. The van der Waals surface area contributed by atoms with E-state index in [0.29, 0.717) is 18.0 Å². The maximum absolute atomic E-state index is 11.1. The summed E-state index contributed by atoms with van der Waals surface area (Å²) in [4.78, 5) is 22.3. The molecule has 1 amide bonds. The van der Waals surface area contributed by atoms with Crippen LogP contribution in [0.1, 0.15) is 48.8 Å². The molecule has 2 fully saturated rings. The van der Waals surface area contributed by atoms with E-state index in [9.17, 15) is 4.79 Å². The van der Waals surface area contributed by atoms with Gasteiger partial charge in [-0.3, -0.25) is 9.48 Å². The summed E-state index contributed by atoms with van der Waals surface area (Å²) in [7, 11) is 0. The van der Waals surface area contributed by atoms with E-state index in [2.05, 4.69) is 49.0 Å². The summed E-state index contributed by atoms with van der Waals surface area (Å²) in [5.41, 5.74) is 3.36. The molecule has 132 valence electrons. The molecule has 4 rings (SSSR count). The number of hydrogen-bond acceptors (Lipinski definition) is 5. The molecule has 0 unspecified atom stereocenters. The molecule has 0 bridgehead atoms. The Morgan fingerprint density at radius 3 is 2.60 bits per heavy atom. The van der Waals surface area contributed by atoms with Gasteiger partial charge in [0.2, 0.25) is 5.91 Å². The highest BCUT2D eigenvalue weighted by atomic mass is 16.1. The van der Waals surface area contributed by atoms with Crippen LogP contribution in [0.15, 0.2) is 18.5 Å². The van der Waals surface area contributed by atoms with Gasteiger partial charge in [0.1, 0.15) is 12.1 Å². The Bertz CT molecular complexity index is 789. The minimum Gasteiger partial charge on any atom is -0.354 e. The fraction of sp³-hybridized carbons (Fsp3) is 0.556. The highest BCUT2D eigenvalue weighted by molar-refractivity contribution is 5.73. The van der Waals surface area contributed by atoms with Crippen molar-refractivity contribution in [1.29, 1.82) is 0 Å². The van der Waals surface area contributed by atoms with Crippen LogP contribution in [0, 0.1) is 13.8 Å². The van der Waals surface area contributed by atoms with Crippen molar-refractivity contribution in [2.24, 2.45) is 0 Å². The number of aromatic nitrogens is 4. The molecule has 0 aromatic carbocycles. The van der Waals surface area contributed by atoms with E-state index >= 15 is 0 Å². The van der Waals surface area contributed by atoms with Gasteiger partial charge in [-0.1, -0.05) is 0 Å². The molecular formula is C18H24N6O. The average Bonchev–Trinajstić information content (AvgIpc) is 2.80. The van der Waals surface area contributed by atoms with Gasteiger partial charge in [-0.2, -0.15) is 5.10 Å². The molecule has 1 aliphatic carbocycles. The van der Waals surface area contributed by atoms with Crippen LogP contribution >= 0.6 is 0 Å². The first-order chi connectivity index (χ1) is 12.0. The van der Waals surface area contributed by atoms with Crippen LogP contribution in [0.2, 0.25) is 0 Å². The van der Waals surface area contributed by atoms with Crippen molar-refractivity contribution in [2.75, 3.05) is 18.0 Å². The second kappa shape index (κ2) is 6.13. The number of aryl methyl sites for hydroxylation is 2. The highest BCUT2D eigenvalue weighted by Crippen LogP contribution is 2.37. The summed E-state index contributed by atoms with van der Waals surface area (Å²) in [5.74, 6) is 1.46. The lowest BCUT2D eigenvalue weighted by atomic mass is 9.78. The molecule has 0 radical (unpaired) electrons. The fourth-order valence-corrected chi connectivity index (χ4v) is 3.84. The molecule has 0 atom stereocenters. The normalized spacial score (nSPS) is 23.1. The zero-order valence-corrected chi connectivity index (χ0v) is 14.9. The van der Waals surface area contributed by atoms with Crippen LogP contribution in [-0.2, 0) is 4.79 Å². The van der Waals surface area contributed by atoms with Gasteiger partial charge in [0, 0.05) is 49.4 Å². The Hall–Kier alpha value is -2.44. The quantitative estimate of drug-likeness (QED) is 0.917. The van der Waals surface area contributed by atoms with E-state index < -0.39 is 0 Å². The van der Waals surface area contributed by atoms with Crippen LogP contribution in [0.3, 0.4) is 0 Å². The van der Waals surface area contributed by atoms with Crippen molar-refractivity contribution in [2.45, 2.75) is 51.6 Å². The summed E-state index contributed by atoms with van der Waals surface area (Å²) in [5, 5.41) is 7.55. The van der Waals surface area contributed by atoms with Crippen molar-refractivity contribution in [3.63, 3.8) is 0 Å². The molecule has 2 aromatic rings. The number of anilines is 1. The standard InChI is InChI=1S/C18H24N6O/c1-11-4-12(2)24(22-11)16-8-23(9-16)18-7-17(19-10-20-18)14-5-15(6-14)21-13(3)25/h4,7,10,14-16H,5-6,8-9H2,1-3H3,(H,21,25). The molecule has 0 spiro atoms. The smallest absolute Gasteiger partial charge is 0.217 e. The van der Waals surface area contributed by atoms with Gasteiger partial charge >= 0.3 is 0 Å². The van der Waals surface area contributed by atoms with E-state index in [0.717, 1.165) is 43.1 Å². The van der Waals surface area contributed by atoms with Crippen molar-refractivity contribution >= 4 is 11.7 Å². The lowest BCUT2D eigenvalue weighted by Gasteiger charge is -2.41. The minimum absolute atomic E-state index is 0.0441. The highest BCUT2D eigenvalue weighted by Gasteiger charge is 2.34. The van der Waals surface area contributed by atoms with Crippen molar-refractivity contribution in [1.82, 2.24) is 25.1 Å². The number of rotatable bonds is 4. The zero-order chi connectivity index (χ0) is 17.6. The van der Waals surface area contributed by atoms with E-state index in [-0.39, 0.29) is 5.91 Å². The second-order valence-corrected chi connectivity index (χ2v) is 7.30. The molecule has 25 heavy (non-hydrogen) atoms. The van der Waals surface area contributed by atoms with Crippen LogP contribution in [0.4, 0.5) is 5.82 Å². The first-order valence-electron chi connectivity index (χ1n) is 8.86. The number of carbonyl (C=O) groups is 1. The first kappa shape index (κ1) is 16.1. The number of carbonyl (C=O) groups excluding carboxylic acids is 1. The molecule has 1 saturated carbocycles. The SMILES string of the molecule is CC(=O)NC1CC(c2cc(N3CC(n4nc(C)cc4C)C3)ncn2)C1. The molecular weight excluding hydrogens is 316 g/mol. The molecule has 7 nitrogen and oxygen atoms in total. The summed E-state index contributed by atoms with van der Waals surface area (Å²) in [6.45, 7) is 7.56. The van der Waals surface area contributed by atoms with Gasteiger partial charge in [-0.15, -0.1) is 0 Å². The van der Waals surface area contributed by atoms with Gasteiger partial charge in [0.15, 0.2) is 0 Å². The predicted molar refractivity (Wildman–Crippen MR) is 94.6 cm³/mol. The molecule has 1 saturated heterocycles. The van der Waals surface area contributed by atoms with Gasteiger partial charge in [0.25, 0.3) is 0 Å². The summed E-state index contributed by atoms with van der Waals surface area (Å²) in [6.07, 6.45) is 3.59. The Morgan fingerprint density at radius 2 is 1.96 bits per heavy atom. The van der Waals surface area contributed by atoms with Crippen molar-refractivity contribution < 1.29 is 4.79 Å². The largest absolute Gasteiger partial charge is 0.354 e. The maximum atomic E-state index is 11.1. The molecule has 1 N–H and O–H groups in total. The second-order valence-electron chi connectivity index (χ2n) is 7.30. The third kappa shape index (κ3) is 3.10. The van der Waals surface area contributed by atoms with E-state index in [4.69, 9.17) is 0 Å². The lowest BCUT2D eigenvalue weighted by molar-refractivity contribution is -0.120. The van der Waals surface area contributed by atoms with Crippen molar-refractivity contribution in [3.8, 4) is 0 Å². The Labute approximate surface area is 147 Å². The predicted octanol–water partition coefficient (Wildman–Crippen LogP) is 1.73. The molecule has 2 aliphatic rings. The van der Waals surface area contributed by atoms with Crippen LogP contribution in [0.5, 0.6) is 0 Å². The monoisotopic (exact) mass is 340 g/mol. The van der Waals surface area contributed by atoms with Gasteiger partial charge in [-0.25, -0.2) is 9.97 Å². The number of nitrogens with one attached hydrogen (secondary N) is 1. The zero-order valence-electron chi connectivity index (χ0n) is 14.9. The molecule has 1 aliphatic heterocycles. The van der Waals surface area contributed by atoms with Crippen molar-refractivity contribution in [3.05, 3.63) is 35.5 Å². The van der Waals surface area contributed by atoms with E-state index in [1.165, 1.54) is 5.69 Å². The molecule has 7 heteroatoms. The number of hydrogen-bond donors (Lipinski definition) is 1. The van der Waals surface area contributed by atoms with Crippen LogP contribution < -0.4 is 10.2 Å². The molecule has 2 aromatic heterocycles. The minimum atomic E-state index is 0.0441.